The van der Waals surface area contributed by atoms with E-state index in [1.165, 1.54) is 23.5 Å². The van der Waals surface area contributed by atoms with Crippen LogP contribution in [-0.4, -0.2) is 16.1 Å². The minimum Gasteiger partial charge on any atom is -0.478 e. The summed E-state index contributed by atoms with van der Waals surface area (Å²) < 4.78 is 14.0. The third kappa shape index (κ3) is 2.96. The fourth-order valence-corrected chi connectivity index (χ4v) is 3.10. The van der Waals surface area contributed by atoms with Gasteiger partial charge in [0.15, 0.2) is 4.34 Å². The molecule has 1 heterocycles. The first-order valence-corrected chi connectivity index (χ1v) is 6.45. The van der Waals surface area contributed by atoms with Crippen molar-refractivity contribution >= 4 is 40.7 Å². The highest BCUT2D eigenvalue weighted by atomic mass is 35.5. The van der Waals surface area contributed by atoms with Crippen LogP contribution >= 0.6 is 34.7 Å². The molecular weight excluding hydrogens is 285 g/mol. The smallest absolute Gasteiger partial charge is 0.335 e. The van der Waals surface area contributed by atoms with Gasteiger partial charge in [-0.2, -0.15) is 0 Å². The Balaban J connectivity index is 2.31. The summed E-state index contributed by atoms with van der Waals surface area (Å²) in [7, 11) is 0. The summed E-state index contributed by atoms with van der Waals surface area (Å²) in [4.78, 5) is 14.9. The van der Waals surface area contributed by atoms with Gasteiger partial charge in [0.1, 0.15) is 11.0 Å². The van der Waals surface area contributed by atoms with Crippen LogP contribution in [0.1, 0.15) is 10.4 Å². The van der Waals surface area contributed by atoms with Crippen molar-refractivity contribution < 1.29 is 14.3 Å². The number of carboxylic acids is 1. The molecule has 0 unspecified atom stereocenters. The van der Waals surface area contributed by atoms with E-state index in [0.29, 0.717) is 9.49 Å². The van der Waals surface area contributed by atoms with Crippen LogP contribution in [0.3, 0.4) is 0 Å². The zero-order valence-electron chi connectivity index (χ0n) is 8.18. The number of nitrogens with zero attached hydrogens (tertiary/aromatic N) is 1. The van der Waals surface area contributed by atoms with Gasteiger partial charge in [-0.3, -0.25) is 0 Å². The van der Waals surface area contributed by atoms with E-state index in [4.69, 9.17) is 16.7 Å². The van der Waals surface area contributed by atoms with Gasteiger partial charge >= 0.3 is 5.97 Å². The maximum Gasteiger partial charge on any atom is 0.335 e. The molecule has 1 aromatic heterocycles. The lowest BCUT2D eigenvalue weighted by Crippen LogP contribution is -1.96. The third-order valence-electron chi connectivity index (χ3n) is 1.83. The maximum absolute atomic E-state index is 13.5. The molecule has 0 spiro atoms. The molecule has 7 heteroatoms. The van der Waals surface area contributed by atoms with Gasteiger partial charge in [0.05, 0.1) is 10.5 Å². The summed E-state index contributed by atoms with van der Waals surface area (Å²) in [6.07, 6.45) is 0. The van der Waals surface area contributed by atoms with Gasteiger partial charge in [0.25, 0.3) is 0 Å². The van der Waals surface area contributed by atoms with Crippen LogP contribution in [0.15, 0.2) is 32.8 Å². The predicted molar refractivity (Wildman–Crippen MR) is 64.6 cm³/mol. The summed E-state index contributed by atoms with van der Waals surface area (Å²) >= 11 is 7.97. The SMILES string of the molecule is O=C(O)c1ccc(F)c(Sc2nc(Cl)cs2)c1. The van der Waals surface area contributed by atoms with E-state index in [0.717, 1.165) is 17.8 Å². The molecule has 2 rings (SSSR count). The van der Waals surface area contributed by atoms with E-state index in [1.54, 1.807) is 5.38 Å². The monoisotopic (exact) mass is 289 g/mol. The number of benzene rings is 1. The van der Waals surface area contributed by atoms with Crippen molar-refractivity contribution in [2.24, 2.45) is 0 Å². The molecule has 0 aliphatic carbocycles. The molecule has 3 nitrogen and oxygen atoms in total. The molecule has 0 saturated heterocycles. The highest BCUT2D eigenvalue weighted by Gasteiger charge is 2.11. The topological polar surface area (TPSA) is 50.2 Å². The molecule has 0 fully saturated rings. The van der Waals surface area contributed by atoms with Gasteiger partial charge in [-0.1, -0.05) is 23.4 Å². The van der Waals surface area contributed by atoms with E-state index in [9.17, 15) is 9.18 Å². The Hall–Kier alpha value is -1.11. The lowest BCUT2D eigenvalue weighted by Gasteiger charge is -2.01. The zero-order valence-corrected chi connectivity index (χ0v) is 10.6. The highest BCUT2D eigenvalue weighted by molar-refractivity contribution is 8.01. The Morgan fingerprint density at radius 1 is 1.53 bits per heavy atom. The second-order valence-corrected chi connectivity index (χ2v) is 5.52. The first-order valence-electron chi connectivity index (χ1n) is 4.38. The molecule has 88 valence electrons. The van der Waals surface area contributed by atoms with Crippen LogP contribution in [-0.2, 0) is 0 Å². The van der Waals surface area contributed by atoms with Gasteiger partial charge < -0.3 is 5.11 Å². The molecule has 0 saturated carbocycles. The van der Waals surface area contributed by atoms with E-state index in [1.807, 2.05) is 0 Å². The number of carbonyl (C=O) groups is 1. The van der Waals surface area contributed by atoms with Crippen molar-refractivity contribution in [3.63, 3.8) is 0 Å². The number of carboxylic acid groups (broad SMARTS) is 1. The van der Waals surface area contributed by atoms with Crippen LogP contribution in [0.4, 0.5) is 4.39 Å². The van der Waals surface area contributed by atoms with Crippen LogP contribution in [0.25, 0.3) is 0 Å². The molecule has 17 heavy (non-hydrogen) atoms. The van der Waals surface area contributed by atoms with E-state index in [-0.39, 0.29) is 10.5 Å². The molecule has 1 aromatic carbocycles. The number of thiazole rings is 1. The summed E-state index contributed by atoms with van der Waals surface area (Å²) in [6.45, 7) is 0. The molecule has 0 bridgehead atoms. The minimum atomic E-state index is -1.09. The van der Waals surface area contributed by atoms with Crippen LogP contribution in [0, 0.1) is 5.82 Å². The maximum atomic E-state index is 13.5. The van der Waals surface area contributed by atoms with Crippen molar-refractivity contribution in [1.82, 2.24) is 4.98 Å². The van der Waals surface area contributed by atoms with E-state index in [2.05, 4.69) is 4.98 Å². The minimum absolute atomic E-state index is 0.0385. The first-order chi connectivity index (χ1) is 8.06. The van der Waals surface area contributed by atoms with Crippen molar-refractivity contribution in [1.29, 1.82) is 0 Å². The fourth-order valence-electron chi connectivity index (χ4n) is 1.09. The molecule has 2 aromatic rings. The standard InChI is InChI=1S/C10H5ClFNO2S2/c11-8-4-16-10(13-8)17-7-3-5(9(14)15)1-2-6(7)12/h1-4H,(H,14,15). The van der Waals surface area contributed by atoms with Gasteiger partial charge in [0, 0.05) is 5.38 Å². The average molecular weight is 290 g/mol. The molecule has 0 aliphatic rings. The summed E-state index contributed by atoms with van der Waals surface area (Å²) in [6, 6.07) is 3.62. The van der Waals surface area contributed by atoms with E-state index < -0.39 is 11.8 Å². The van der Waals surface area contributed by atoms with Crippen molar-refractivity contribution in [3.05, 3.63) is 40.1 Å². The number of hydrogen-bond acceptors (Lipinski definition) is 4. The second kappa shape index (κ2) is 5.03. The Morgan fingerprint density at radius 3 is 2.88 bits per heavy atom. The normalized spacial score (nSPS) is 10.5. The van der Waals surface area contributed by atoms with Crippen molar-refractivity contribution in [2.75, 3.05) is 0 Å². The summed E-state index contributed by atoms with van der Waals surface area (Å²) in [5.41, 5.74) is 0.0385. The van der Waals surface area contributed by atoms with Crippen LogP contribution < -0.4 is 0 Å². The third-order valence-corrected chi connectivity index (χ3v) is 4.12. The zero-order chi connectivity index (χ0) is 12.4. The Morgan fingerprint density at radius 2 is 2.29 bits per heavy atom. The number of aromatic nitrogens is 1. The Bertz CT molecular complexity index is 573. The van der Waals surface area contributed by atoms with Crippen LogP contribution in [0.5, 0.6) is 0 Å². The Labute approximate surface area is 109 Å². The first kappa shape index (κ1) is 12.3. The number of hydrogen-bond donors (Lipinski definition) is 1. The second-order valence-electron chi connectivity index (χ2n) is 2.99. The molecule has 0 aliphatic heterocycles. The molecular formula is C10H5ClFNO2S2. The quantitative estimate of drug-likeness (QED) is 0.934. The molecule has 0 amide bonds. The Kier molecular flexibility index (Phi) is 3.66. The molecule has 0 atom stereocenters. The molecule has 0 radical (unpaired) electrons. The lowest BCUT2D eigenvalue weighted by molar-refractivity contribution is 0.0696. The van der Waals surface area contributed by atoms with Crippen molar-refractivity contribution in [3.8, 4) is 0 Å². The molecule has 1 N–H and O–H groups in total. The predicted octanol–water partition coefficient (Wildman–Crippen LogP) is 3.79. The van der Waals surface area contributed by atoms with Gasteiger partial charge in [-0.05, 0) is 18.2 Å². The largest absolute Gasteiger partial charge is 0.478 e. The van der Waals surface area contributed by atoms with E-state index >= 15 is 0 Å². The number of rotatable bonds is 3. The average Bonchev–Trinajstić information content (AvgIpc) is 2.67. The lowest BCUT2D eigenvalue weighted by atomic mass is 10.2. The highest BCUT2D eigenvalue weighted by Crippen LogP contribution is 2.33. The fraction of sp³-hybridized carbons (Fsp3) is 0. The summed E-state index contributed by atoms with van der Waals surface area (Å²) in [5, 5.41) is 10.8. The van der Waals surface area contributed by atoms with Crippen molar-refractivity contribution in [2.45, 2.75) is 9.24 Å². The van der Waals surface area contributed by atoms with Crippen LogP contribution in [0.2, 0.25) is 5.15 Å². The number of aromatic carboxylic acids is 1. The summed E-state index contributed by atoms with van der Waals surface area (Å²) in [5.74, 6) is -1.57. The van der Waals surface area contributed by atoms with Gasteiger partial charge in [-0.15, -0.1) is 11.3 Å². The van der Waals surface area contributed by atoms with Gasteiger partial charge in [-0.25, -0.2) is 14.2 Å². The van der Waals surface area contributed by atoms with Gasteiger partial charge in [0.2, 0.25) is 0 Å². The number of halogens is 2.